The summed E-state index contributed by atoms with van der Waals surface area (Å²) in [6.45, 7) is 2.62. The number of nitrogens with two attached hydrogens (primary N) is 1. The van der Waals surface area contributed by atoms with E-state index in [0.29, 0.717) is 23.0 Å². The number of hydrogen-bond acceptors (Lipinski definition) is 6. The first-order valence-corrected chi connectivity index (χ1v) is 5.83. The molecule has 8 heteroatoms. The first kappa shape index (κ1) is 11.8. The number of nitrogen functional groups attached to an aromatic ring is 1. The minimum atomic E-state index is 0.165. The number of rotatable bonds is 4. The molecule has 0 radical (unpaired) electrons. The normalized spacial score (nSPS) is 10.5. The van der Waals surface area contributed by atoms with Crippen molar-refractivity contribution in [2.24, 2.45) is 0 Å². The van der Waals surface area contributed by atoms with Gasteiger partial charge in [0.2, 0.25) is 16.6 Å². The molecule has 90 valence electrons. The lowest BCUT2D eigenvalue weighted by molar-refractivity contribution is 0.303. The van der Waals surface area contributed by atoms with E-state index in [2.05, 4.69) is 36.0 Å². The molecule has 2 aromatic heterocycles. The average Bonchev–Trinajstić information content (AvgIpc) is 2.66. The predicted molar refractivity (Wildman–Crippen MR) is 64.8 cm³/mol. The van der Waals surface area contributed by atoms with Crippen LogP contribution in [-0.2, 0) is 0 Å². The number of nitrogens with zero attached hydrogens (tertiary/aromatic N) is 5. The van der Waals surface area contributed by atoms with Gasteiger partial charge < -0.3 is 10.5 Å². The van der Waals surface area contributed by atoms with Crippen molar-refractivity contribution in [2.75, 3.05) is 12.3 Å². The third kappa shape index (κ3) is 2.70. The van der Waals surface area contributed by atoms with Crippen molar-refractivity contribution < 1.29 is 4.74 Å². The Hall–Kier alpha value is -1.70. The highest BCUT2D eigenvalue weighted by molar-refractivity contribution is 9.10. The van der Waals surface area contributed by atoms with Crippen LogP contribution in [0.25, 0.3) is 5.82 Å². The van der Waals surface area contributed by atoms with Gasteiger partial charge in [-0.05, 0) is 22.4 Å². The van der Waals surface area contributed by atoms with Gasteiger partial charge in [0.1, 0.15) is 0 Å². The van der Waals surface area contributed by atoms with Crippen molar-refractivity contribution in [1.82, 2.24) is 24.7 Å². The lowest BCUT2D eigenvalue weighted by Crippen LogP contribution is -2.04. The first-order chi connectivity index (χ1) is 8.20. The van der Waals surface area contributed by atoms with E-state index in [4.69, 9.17) is 10.5 Å². The summed E-state index contributed by atoms with van der Waals surface area (Å²) < 4.78 is 7.30. The number of halogens is 1. The zero-order valence-corrected chi connectivity index (χ0v) is 10.8. The van der Waals surface area contributed by atoms with Crippen molar-refractivity contribution in [3.63, 3.8) is 0 Å². The molecule has 2 heterocycles. The molecule has 0 saturated carbocycles. The molecule has 0 fully saturated rings. The van der Waals surface area contributed by atoms with E-state index in [9.17, 15) is 0 Å². The van der Waals surface area contributed by atoms with Crippen LogP contribution >= 0.6 is 15.9 Å². The maximum atomic E-state index is 5.48. The van der Waals surface area contributed by atoms with Gasteiger partial charge in [0.25, 0.3) is 0 Å². The van der Waals surface area contributed by atoms with Gasteiger partial charge in [0.05, 0.1) is 19.0 Å². The zero-order chi connectivity index (χ0) is 12.3. The summed E-state index contributed by atoms with van der Waals surface area (Å²) in [5.74, 6) is 1.11. The predicted octanol–water partition coefficient (Wildman–Crippen LogP) is 1.19. The van der Waals surface area contributed by atoms with Gasteiger partial charge in [-0.3, -0.25) is 4.98 Å². The lowest BCUT2D eigenvalue weighted by Gasteiger charge is -2.05. The third-order valence-electron chi connectivity index (χ3n) is 1.85. The van der Waals surface area contributed by atoms with E-state index >= 15 is 0 Å². The average molecular weight is 299 g/mol. The Morgan fingerprint density at radius 2 is 2.24 bits per heavy atom. The molecule has 0 bridgehead atoms. The Bertz CT molecular complexity index is 514. The number of hydrogen-bond donors (Lipinski definition) is 1. The highest BCUT2D eigenvalue weighted by atomic mass is 79.9. The van der Waals surface area contributed by atoms with Gasteiger partial charge in [-0.25, -0.2) is 0 Å². The molecule has 0 amide bonds. The van der Waals surface area contributed by atoms with Crippen LogP contribution in [0.1, 0.15) is 13.3 Å². The Kier molecular flexibility index (Phi) is 3.52. The molecule has 0 spiro atoms. The van der Waals surface area contributed by atoms with Crippen molar-refractivity contribution >= 4 is 21.9 Å². The molecule has 0 aliphatic heterocycles. The van der Waals surface area contributed by atoms with E-state index in [-0.39, 0.29) is 5.95 Å². The molecule has 0 atom stereocenters. The summed E-state index contributed by atoms with van der Waals surface area (Å²) in [7, 11) is 0. The van der Waals surface area contributed by atoms with Gasteiger partial charge >= 0.3 is 0 Å². The molecule has 0 saturated heterocycles. The largest absolute Gasteiger partial charge is 0.477 e. The smallest absolute Gasteiger partial charge is 0.240 e. The molecule has 2 N–H and O–H groups in total. The second-order valence-electron chi connectivity index (χ2n) is 3.21. The van der Waals surface area contributed by atoms with Crippen LogP contribution in [0, 0.1) is 0 Å². The van der Waals surface area contributed by atoms with Crippen LogP contribution < -0.4 is 10.5 Å². The van der Waals surface area contributed by atoms with Crippen molar-refractivity contribution in [3.05, 3.63) is 17.1 Å². The van der Waals surface area contributed by atoms with Gasteiger partial charge in [-0.2, -0.15) is 14.6 Å². The quantitative estimate of drug-likeness (QED) is 0.911. The summed E-state index contributed by atoms with van der Waals surface area (Å²) in [6.07, 6.45) is 4.01. The van der Waals surface area contributed by atoms with Crippen LogP contribution in [0.3, 0.4) is 0 Å². The minimum absolute atomic E-state index is 0.165. The second kappa shape index (κ2) is 5.09. The maximum Gasteiger partial charge on any atom is 0.240 e. The molecule has 0 unspecified atom stereocenters. The molecule has 0 aromatic carbocycles. The van der Waals surface area contributed by atoms with Crippen molar-refractivity contribution in [1.29, 1.82) is 0 Å². The fourth-order valence-electron chi connectivity index (χ4n) is 1.17. The fraction of sp³-hybridized carbons (Fsp3) is 0.333. The van der Waals surface area contributed by atoms with Gasteiger partial charge in [-0.1, -0.05) is 6.92 Å². The minimum Gasteiger partial charge on any atom is -0.477 e. The van der Waals surface area contributed by atoms with E-state index in [1.54, 1.807) is 12.4 Å². The third-order valence-corrected chi connectivity index (χ3v) is 2.37. The van der Waals surface area contributed by atoms with Crippen LogP contribution in [0.5, 0.6) is 5.88 Å². The molecule has 7 nitrogen and oxygen atoms in total. The SMILES string of the molecule is CCCOc1cncc(-n2nc(N)nc2Br)n1. The van der Waals surface area contributed by atoms with Crippen LogP contribution in [-0.4, -0.2) is 31.3 Å². The molecule has 0 aliphatic rings. The zero-order valence-electron chi connectivity index (χ0n) is 9.17. The monoisotopic (exact) mass is 298 g/mol. The summed E-state index contributed by atoms with van der Waals surface area (Å²) in [4.78, 5) is 12.2. The first-order valence-electron chi connectivity index (χ1n) is 5.04. The Balaban J connectivity index is 2.29. The molecule has 2 rings (SSSR count). The van der Waals surface area contributed by atoms with Crippen LogP contribution in [0.4, 0.5) is 5.95 Å². The highest BCUT2D eigenvalue weighted by Gasteiger charge is 2.09. The lowest BCUT2D eigenvalue weighted by atomic mass is 10.5. The fourth-order valence-corrected chi connectivity index (χ4v) is 1.61. The topological polar surface area (TPSA) is 91.7 Å². The Morgan fingerprint density at radius 1 is 1.41 bits per heavy atom. The highest BCUT2D eigenvalue weighted by Crippen LogP contribution is 2.15. The standard InChI is InChI=1S/C9H11BrN6O/c1-2-3-17-7-5-12-4-6(13-7)16-8(10)14-9(11)15-16/h4-5H,2-3H2,1H3,(H2,11,15). The number of aromatic nitrogens is 5. The molecule has 0 aliphatic carbocycles. The number of anilines is 1. The Morgan fingerprint density at radius 3 is 2.88 bits per heavy atom. The maximum absolute atomic E-state index is 5.48. The second-order valence-corrected chi connectivity index (χ2v) is 3.92. The van der Waals surface area contributed by atoms with E-state index in [1.165, 1.54) is 4.68 Å². The van der Waals surface area contributed by atoms with E-state index in [1.807, 2.05) is 6.92 Å². The molecular weight excluding hydrogens is 288 g/mol. The van der Waals surface area contributed by atoms with Gasteiger partial charge in [0, 0.05) is 0 Å². The van der Waals surface area contributed by atoms with E-state index < -0.39 is 0 Å². The summed E-state index contributed by atoms with van der Waals surface area (Å²) in [5.41, 5.74) is 5.48. The molecular formula is C9H11BrN6O. The summed E-state index contributed by atoms with van der Waals surface area (Å²) in [5, 5.41) is 3.98. The van der Waals surface area contributed by atoms with Crippen LogP contribution in [0.15, 0.2) is 17.1 Å². The van der Waals surface area contributed by atoms with Crippen molar-refractivity contribution in [2.45, 2.75) is 13.3 Å². The van der Waals surface area contributed by atoms with Gasteiger partial charge in [-0.15, -0.1) is 5.10 Å². The van der Waals surface area contributed by atoms with Gasteiger partial charge in [0.15, 0.2) is 5.82 Å². The van der Waals surface area contributed by atoms with Crippen molar-refractivity contribution in [3.8, 4) is 11.7 Å². The molecule has 17 heavy (non-hydrogen) atoms. The Labute approximate surface area is 106 Å². The molecule has 2 aromatic rings. The summed E-state index contributed by atoms with van der Waals surface area (Å²) in [6, 6.07) is 0. The van der Waals surface area contributed by atoms with Crippen LogP contribution in [0.2, 0.25) is 0 Å². The number of ether oxygens (including phenoxy) is 1. The van der Waals surface area contributed by atoms with E-state index in [0.717, 1.165) is 6.42 Å². The summed E-state index contributed by atoms with van der Waals surface area (Å²) >= 11 is 3.23.